The molecule has 0 bridgehead atoms. The average Bonchev–Trinajstić information content (AvgIpc) is 2.99. The maximum atomic E-state index is 5.93. The van der Waals surface area contributed by atoms with Crippen molar-refractivity contribution >= 4 is 16.8 Å². The number of fused-ring (bicyclic) bond motifs is 1. The Morgan fingerprint density at radius 1 is 1.47 bits per heavy atom. The number of hydrogen-bond donors (Lipinski definition) is 0. The number of likely N-dealkylation sites (tertiary alicyclic amines) is 1. The molecular weight excluding hydrogens is 236 g/mol. The molecule has 1 unspecified atom stereocenters. The van der Waals surface area contributed by atoms with Crippen molar-refractivity contribution in [2.75, 3.05) is 20.1 Å². The van der Waals surface area contributed by atoms with Crippen LogP contribution < -0.4 is 0 Å². The number of terminal acetylenes is 1. The van der Waals surface area contributed by atoms with Gasteiger partial charge in [-0.15, -0.1) is 6.42 Å². The lowest BCUT2D eigenvalue weighted by molar-refractivity contribution is 0.456. The molecule has 1 atom stereocenters. The molecular formula is C16H16N2O. The Morgan fingerprint density at radius 2 is 2.32 bits per heavy atom. The maximum absolute atomic E-state index is 5.93. The molecule has 3 heteroatoms. The summed E-state index contributed by atoms with van der Waals surface area (Å²) in [7, 11) is 2.05. The van der Waals surface area contributed by atoms with Gasteiger partial charge in [-0.3, -0.25) is 4.99 Å². The van der Waals surface area contributed by atoms with E-state index in [2.05, 4.69) is 35.0 Å². The van der Waals surface area contributed by atoms with Crippen LogP contribution in [-0.2, 0) is 0 Å². The van der Waals surface area contributed by atoms with Crippen LogP contribution in [0, 0.1) is 12.3 Å². The highest BCUT2D eigenvalue weighted by Gasteiger charge is 2.28. The monoisotopic (exact) mass is 252 g/mol. The molecule has 1 aromatic heterocycles. The summed E-state index contributed by atoms with van der Waals surface area (Å²) in [6.07, 6.45) is 6.16. The second-order valence-corrected chi connectivity index (χ2v) is 4.90. The van der Waals surface area contributed by atoms with E-state index in [1.54, 1.807) is 0 Å². The van der Waals surface area contributed by atoms with Crippen LogP contribution in [0.2, 0.25) is 0 Å². The van der Waals surface area contributed by atoms with E-state index in [0.29, 0.717) is 12.5 Å². The zero-order valence-corrected chi connectivity index (χ0v) is 11.0. The van der Waals surface area contributed by atoms with Crippen molar-refractivity contribution in [3.8, 4) is 12.3 Å². The first-order chi connectivity index (χ1) is 9.28. The largest absolute Gasteiger partial charge is 0.461 e. The summed E-state index contributed by atoms with van der Waals surface area (Å²) in [6, 6.07) is 10.2. The highest BCUT2D eigenvalue weighted by atomic mass is 16.3. The molecule has 0 amide bonds. The number of benzene rings is 1. The Hall–Kier alpha value is -2.21. The van der Waals surface area contributed by atoms with Crippen molar-refractivity contribution < 1.29 is 4.42 Å². The molecule has 3 nitrogen and oxygen atoms in total. The smallest absolute Gasteiger partial charge is 0.134 e. The van der Waals surface area contributed by atoms with Gasteiger partial charge in [0.25, 0.3) is 0 Å². The number of amidine groups is 1. The third-order valence-corrected chi connectivity index (χ3v) is 3.56. The molecule has 1 aromatic carbocycles. The minimum Gasteiger partial charge on any atom is -0.461 e. The molecule has 2 heterocycles. The first-order valence-electron chi connectivity index (χ1n) is 6.44. The molecule has 1 fully saturated rings. The summed E-state index contributed by atoms with van der Waals surface area (Å²) in [5.74, 6) is 5.04. The van der Waals surface area contributed by atoms with Crippen LogP contribution in [0.25, 0.3) is 11.0 Å². The zero-order valence-electron chi connectivity index (χ0n) is 11.0. The van der Waals surface area contributed by atoms with Crippen molar-refractivity contribution in [1.82, 2.24) is 4.90 Å². The fourth-order valence-corrected chi connectivity index (χ4v) is 2.59. The molecule has 0 spiro atoms. The Labute approximate surface area is 112 Å². The second kappa shape index (κ2) is 4.81. The number of aliphatic imine (C=N–C) groups is 1. The zero-order chi connectivity index (χ0) is 13.2. The highest BCUT2D eigenvalue weighted by Crippen LogP contribution is 2.32. The molecule has 0 radical (unpaired) electrons. The van der Waals surface area contributed by atoms with Crippen molar-refractivity contribution in [2.45, 2.75) is 12.3 Å². The molecule has 0 saturated carbocycles. The van der Waals surface area contributed by atoms with Crippen molar-refractivity contribution in [1.29, 1.82) is 0 Å². The van der Waals surface area contributed by atoms with Crippen LogP contribution in [0.15, 0.2) is 39.7 Å². The highest BCUT2D eigenvalue weighted by molar-refractivity contribution is 5.86. The van der Waals surface area contributed by atoms with E-state index in [1.165, 1.54) is 0 Å². The third kappa shape index (κ3) is 2.22. The molecule has 1 aliphatic heterocycles. The van der Waals surface area contributed by atoms with Crippen molar-refractivity contribution in [3.05, 3.63) is 36.1 Å². The van der Waals surface area contributed by atoms with E-state index >= 15 is 0 Å². The molecule has 1 saturated heterocycles. The number of rotatable bonds is 2. The number of hydrogen-bond acceptors (Lipinski definition) is 2. The van der Waals surface area contributed by atoms with Gasteiger partial charge in [-0.05, 0) is 12.1 Å². The minimum absolute atomic E-state index is 0.369. The average molecular weight is 252 g/mol. The van der Waals surface area contributed by atoms with Gasteiger partial charge in [0.2, 0.25) is 0 Å². The van der Waals surface area contributed by atoms with Crippen molar-refractivity contribution in [2.24, 2.45) is 4.99 Å². The molecule has 96 valence electrons. The summed E-state index contributed by atoms with van der Waals surface area (Å²) in [5.41, 5.74) is 0.953. The van der Waals surface area contributed by atoms with Crippen LogP contribution >= 0.6 is 0 Å². The normalized spacial score (nSPS) is 21.2. The van der Waals surface area contributed by atoms with Gasteiger partial charge in [-0.2, -0.15) is 0 Å². The molecule has 1 aliphatic rings. The summed E-state index contributed by atoms with van der Waals surface area (Å²) >= 11 is 0. The molecule has 2 aromatic rings. The van der Waals surface area contributed by atoms with E-state index in [1.807, 2.05) is 18.2 Å². The van der Waals surface area contributed by atoms with Gasteiger partial charge in [0.05, 0.1) is 0 Å². The summed E-state index contributed by atoms with van der Waals surface area (Å²) in [4.78, 5) is 6.58. The molecule has 0 aliphatic carbocycles. The van der Waals surface area contributed by atoms with Crippen LogP contribution in [-0.4, -0.2) is 30.9 Å². The van der Waals surface area contributed by atoms with E-state index in [9.17, 15) is 0 Å². The van der Waals surface area contributed by atoms with Crippen LogP contribution in [0.4, 0.5) is 0 Å². The van der Waals surface area contributed by atoms with Crippen LogP contribution in [0.5, 0.6) is 0 Å². The summed E-state index contributed by atoms with van der Waals surface area (Å²) < 4.78 is 5.93. The van der Waals surface area contributed by atoms with Gasteiger partial charge < -0.3 is 9.32 Å². The maximum Gasteiger partial charge on any atom is 0.134 e. The van der Waals surface area contributed by atoms with Crippen LogP contribution in [0.1, 0.15) is 18.1 Å². The Kier molecular flexibility index (Phi) is 3.00. The van der Waals surface area contributed by atoms with Gasteiger partial charge in [0.15, 0.2) is 0 Å². The number of para-hydroxylation sites is 1. The van der Waals surface area contributed by atoms with Gasteiger partial charge in [0, 0.05) is 31.3 Å². The Morgan fingerprint density at radius 3 is 3.11 bits per heavy atom. The third-order valence-electron chi connectivity index (χ3n) is 3.56. The van der Waals surface area contributed by atoms with Gasteiger partial charge in [-0.1, -0.05) is 24.1 Å². The Bertz CT molecular complexity index is 630. The predicted octanol–water partition coefficient (Wildman–Crippen LogP) is 2.88. The lowest BCUT2D eigenvalue weighted by atomic mass is 10.1. The predicted molar refractivity (Wildman–Crippen MR) is 77.3 cm³/mol. The topological polar surface area (TPSA) is 28.7 Å². The standard InChI is InChI=1S/C16H16N2O/c1-3-8-17-16-10-13(11-18(16)2)15-9-12-6-4-5-7-14(12)19-15/h1,4-7,9,13H,8,10-11H2,2H3. The van der Waals surface area contributed by atoms with Gasteiger partial charge in [0.1, 0.15) is 23.7 Å². The molecule has 19 heavy (non-hydrogen) atoms. The lowest BCUT2D eigenvalue weighted by Gasteiger charge is -2.10. The van der Waals surface area contributed by atoms with E-state index in [0.717, 1.165) is 35.5 Å². The van der Waals surface area contributed by atoms with E-state index < -0.39 is 0 Å². The quantitative estimate of drug-likeness (QED) is 0.769. The second-order valence-electron chi connectivity index (χ2n) is 4.90. The summed E-state index contributed by atoms with van der Waals surface area (Å²) in [6.45, 7) is 1.38. The Balaban J connectivity index is 1.86. The summed E-state index contributed by atoms with van der Waals surface area (Å²) in [5, 5.41) is 1.16. The van der Waals surface area contributed by atoms with Gasteiger partial charge in [-0.25, -0.2) is 0 Å². The first-order valence-corrected chi connectivity index (χ1v) is 6.44. The molecule has 3 rings (SSSR count). The van der Waals surface area contributed by atoms with Crippen molar-refractivity contribution in [3.63, 3.8) is 0 Å². The fraction of sp³-hybridized carbons (Fsp3) is 0.312. The SMILES string of the molecule is C#CCN=C1CC(c2cc3ccccc3o2)CN1C. The minimum atomic E-state index is 0.369. The van der Waals surface area contributed by atoms with E-state index in [-0.39, 0.29) is 0 Å². The first kappa shape index (κ1) is 11.9. The fourth-order valence-electron chi connectivity index (χ4n) is 2.59. The number of likely N-dealkylation sites (N-methyl/N-ethyl adjacent to an activating group) is 1. The van der Waals surface area contributed by atoms with E-state index in [4.69, 9.17) is 10.8 Å². The number of nitrogens with zero attached hydrogens (tertiary/aromatic N) is 2. The van der Waals surface area contributed by atoms with Crippen LogP contribution in [0.3, 0.4) is 0 Å². The lowest BCUT2D eigenvalue weighted by Crippen LogP contribution is -2.19. The number of furan rings is 1. The molecule has 0 N–H and O–H groups in total. The van der Waals surface area contributed by atoms with Gasteiger partial charge >= 0.3 is 0 Å².